The molecule has 0 radical (unpaired) electrons. The molecular weight excluding hydrogens is 386 g/mol. The van der Waals surface area contributed by atoms with Gasteiger partial charge in [0.1, 0.15) is 0 Å². The first-order chi connectivity index (χ1) is 13.9. The van der Waals surface area contributed by atoms with E-state index in [-0.39, 0.29) is 17.7 Å². The van der Waals surface area contributed by atoms with Gasteiger partial charge in [0, 0.05) is 29.9 Å². The average Bonchev–Trinajstić information content (AvgIpc) is 2.70. The zero-order chi connectivity index (χ0) is 20.8. The molecule has 3 rings (SSSR count). The van der Waals surface area contributed by atoms with Crippen LogP contribution in [0.3, 0.4) is 0 Å². The van der Waals surface area contributed by atoms with Gasteiger partial charge in [-0.2, -0.15) is 0 Å². The topological polar surface area (TPSA) is 75.4 Å². The molecule has 2 aromatic rings. The minimum Gasteiger partial charge on any atom is -0.369 e. The van der Waals surface area contributed by atoms with Crippen molar-refractivity contribution in [3.8, 4) is 0 Å². The van der Waals surface area contributed by atoms with E-state index in [4.69, 9.17) is 17.3 Å². The van der Waals surface area contributed by atoms with Gasteiger partial charge in [0.15, 0.2) is 0 Å². The predicted octanol–water partition coefficient (Wildman–Crippen LogP) is 4.08. The molecule has 29 heavy (non-hydrogen) atoms. The van der Waals surface area contributed by atoms with Gasteiger partial charge >= 0.3 is 0 Å². The van der Waals surface area contributed by atoms with E-state index >= 15 is 0 Å². The Kier molecular flexibility index (Phi) is 7.07. The maximum absolute atomic E-state index is 12.3. The van der Waals surface area contributed by atoms with Gasteiger partial charge in [-0.25, -0.2) is 0 Å². The van der Waals surface area contributed by atoms with Crippen LogP contribution in [0.25, 0.3) is 5.57 Å². The highest BCUT2D eigenvalue weighted by Gasteiger charge is 2.23. The van der Waals surface area contributed by atoms with Gasteiger partial charge in [0.2, 0.25) is 11.8 Å². The smallest absolute Gasteiger partial charge is 0.248 e. The van der Waals surface area contributed by atoms with E-state index in [1.165, 1.54) is 0 Å². The largest absolute Gasteiger partial charge is 0.369 e. The molecule has 2 aromatic carbocycles. The molecule has 1 fully saturated rings. The molecule has 3 N–H and O–H groups in total. The zero-order valence-corrected chi connectivity index (χ0v) is 17.3. The van der Waals surface area contributed by atoms with Crippen LogP contribution in [-0.4, -0.2) is 29.8 Å². The number of carbonyl (C=O) groups is 2. The third kappa shape index (κ3) is 5.92. The Balaban J connectivity index is 1.57. The van der Waals surface area contributed by atoms with E-state index in [1.54, 1.807) is 12.1 Å². The number of piperidine rings is 1. The first-order valence-electron chi connectivity index (χ1n) is 9.77. The molecule has 0 aromatic heterocycles. The number of nitrogens with zero attached hydrogens (tertiary/aromatic N) is 1. The molecule has 6 heteroatoms. The number of hydrogen-bond acceptors (Lipinski definition) is 3. The Hall–Kier alpha value is -2.63. The predicted molar refractivity (Wildman–Crippen MR) is 117 cm³/mol. The summed E-state index contributed by atoms with van der Waals surface area (Å²) in [7, 11) is 0. The fraction of sp³-hybridized carbons (Fsp3) is 0.304. The van der Waals surface area contributed by atoms with E-state index in [2.05, 4.69) is 10.2 Å². The standard InChI is InChI=1S/C23H26ClN3O2/c1-16(20-6-2-3-7-21(20)24)13-22(28)26-19-10-8-17(9-11-19)14-27-12-4-5-18(15-27)23(25)29/h2-3,6-11,13,18H,4-5,12,14-15H2,1H3,(H2,25,29)(H,26,28). The quantitative estimate of drug-likeness (QED) is 0.703. The maximum atomic E-state index is 12.3. The van der Waals surface area contributed by atoms with Crippen LogP contribution in [0.5, 0.6) is 0 Å². The molecule has 1 unspecified atom stereocenters. The molecule has 0 bridgehead atoms. The van der Waals surface area contributed by atoms with Crippen molar-refractivity contribution >= 4 is 34.7 Å². The Morgan fingerprint density at radius 2 is 1.93 bits per heavy atom. The van der Waals surface area contributed by atoms with Crippen molar-refractivity contribution in [1.29, 1.82) is 0 Å². The summed E-state index contributed by atoms with van der Waals surface area (Å²) < 4.78 is 0. The normalized spacial score (nSPS) is 17.7. The average molecular weight is 412 g/mol. The molecule has 0 aliphatic carbocycles. The second-order valence-corrected chi connectivity index (χ2v) is 7.88. The summed E-state index contributed by atoms with van der Waals surface area (Å²) in [6.07, 6.45) is 3.41. The zero-order valence-electron chi connectivity index (χ0n) is 16.5. The Morgan fingerprint density at radius 3 is 2.62 bits per heavy atom. The van der Waals surface area contributed by atoms with E-state index in [9.17, 15) is 9.59 Å². The summed E-state index contributed by atoms with van der Waals surface area (Å²) in [5, 5.41) is 3.50. The van der Waals surface area contributed by atoms with Gasteiger partial charge in [-0.05, 0) is 61.2 Å². The summed E-state index contributed by atoms with van der Waals surface area (Å²) in [4.78, 5) is 26.0. The van der Waals surface area contributed by atoms with Crippen LogP contribution in [0.2, 0.25) is 5.02 Å². The molecule has 1 saturated heterocycles. The van der Waals surface area contributed by atoms with Crippen molar-refractivity contribution in [3.63, 3.8) is 0 Å². The number of benzene rings is 2. The van der Waals surface area contributed by atoms with Crippen LogP contribution in [0.15, 0.2) is 54.6 Å². The lowest BCUT2D eigenvalue weighted by atomic mass is 9.97. The Morgan fingerprint density at radius 1 is 1.21 bits per heavy atom. The third-order valence-electron chi connectivity index (χ3n) is 5.18. The number of hydrogen-bond donors (Lipinski definition) is 2. The minimum absolute atomic E-state index is 0.0598. The molecule has 1 aliphatic heterocycles. The summed E-state index contributed by atoms with van der Waals surface area (Å²) >= 11 is 6.18. The number of nitrogens with one attached hydrogen (secondary N) is 1. The first kappa shape index (κ1) is 21.1. The second-order valence-electron chi connectivity index (χ2n) is 7.47. The fourth-order valence-corrected chi connectivity index (χ4v) is 3.90. The highest BCUT2D eigenvalue weighted by Crippen LogP contribution is 2.23. The Bertz CT molecular complexity index is 909. The second kappa shape index (κ2) is 9.72. The summed E-state index contributed by atoms with van der Waals surface area (Å²) in [6.45, 7) is 4.31. The molecule has 1 aliphatic rings. The number of nitrogens with two attached hydrogens (primary N) is 1. The lowest BCUT2D eigenvalue weighted by Gasteiger charge is -2.31. The van der Waals surface area contributed by atoms with Crippen LogP contribution in [0.4, 0.5) is 5.69 Å². The van der Waals surface area contributed by atoms with Crippen LogP contribution in [-0.2, 0) is 16.1 Å². The van der Waals surface area contributed by atoms with E-state index in [0.717, 1.165) is 48.3 Å². The highest BCUT2D eigenvalue weighted by atomic mass is 35.5. The molecule has 0 spiro atoms. The van der Waals surface area contributed by atoms with Gasteiger partial charge in [0.25, 0.3) is 0 Å². The van der Waals surface area contributed by atoms with Gasteiger partial charge in [-0.1, -0.05) is 41.9 Å². The Labute approximate surface area is 176 Å². The number of anilines is 1. The van der Waals surface area contributed by atoms with E-state index in [1.807, 2.05) is 49.4 Å². The first-order valence-corrected chi connectivity index (χ1v) is 10.1. The van der Waals surface area contributed by atoms with Crippen LogP contribution in [0.1, 0.15) is 30.9 Å². The van der Waals surface area contributed by atoms with Crippen molar-refractivity contribution in [2.75, 3.05) is 18.4 Å². The number of primary amides is 1. The highest BCUT2D eigenvalue weighted by molar-refractivity contribution is 6.32. The van der Waals surface area contributed by atoms with Crippen LogP contribution < -0.4 is 11.1 Å². The van der Waals surface area contributed by atoms with Crippen molar-refractivity contribution in [2.24, 2.45) is 11.7 Å². The third-order valence-corrected chi connectivity index (χ3v) is 5.51. The fourth-order valence-electron chi connectivity index (χ4n) is 3.62. The van der Waals surface area contributed by atoms with Crippen molar-refractivity contribution in [3.05, 3.63) is 70.8 Å². The van der Waals surface area contributed by atoms with Crippen molar-refractivity contribution < 1.29 is 9.59 Å². The van der Waals surface area contributed by atoms with Crippen LogP contribution >= 0.6 is 11.6 Å². The van der Waals surface area contributed by atoms with Gasteiger partial charge in [-0.15, -0.1) is 0 Å². The van der Waals surface area contributed by atoms with Gasteiger partial charge in [0.05, 0.1) is 5.92 Å². The molecule has 1 heterocycles. The molecule has 152 valence electrons. The summed E-state index contributed by atoms with van der Waals surface area (Å²) in [6, 6.07) is 15.2. The monoisotopic (exact) mass is 411 g/mol. The number of allylic oxidation sites excluding steroid dienone is 1. The molecular formula is C23H26ClN3O2. The number of carbonyl (C=O) groups excluding carboxylic acids is 2. The molecule has 2 amide bonds. The van der Waals surface area contributed by atoms with Crippen molar-refractivity contribution in [2.45, 2.75) is 26.3 Å². The number of halogens is 1. The van der Waals surface area contributed by atoms with E-state index < -0.39 is 0 Å². The molecule has 1 atom stereocenters. The van der Waals surface area contributed by atoms with Crippen molar-refractivity contribution in [1.82, 2.24) is 4.90 Å². The summed E-state index contributed by atoms with van der Waals surface area (Å²) in [5.41, 5.74) is 8.97. The maximum Gasteiger partial charge on any atom is 0.248 e. The lowest BCUT2D eigenvalue weighted by molar-refractivity contribution is -0.123. The van der Waals surface area contributed by atoms with E-state index in [0.29, 0.717) is 11.6 Å². The van der Waals surface area contributed by atoms with Crippen LogP contribution in [0, 0.1) is 5.92 Å². The SMILES string of the molecule is CC(=CC(=O)Nc1ccc(CN2CCCC(C(N)=O)C2)cc1)c1ccccc1Cl. The number of likely N-dealkylation sites (tertiary alicyclic amines) is 1. The molecule has 0 saturated carbocycles. The minimum atomic E-state index is -0.215. The molecule has 5 nitrogen and oxygen atoms in total. The lowest BCUT2D eigenvalue weighted by Crippen LogP contribution is -2.40. The van der Waals surface area contributed by atoms with Gasteiger partial charge in [-0.3, -0.25) is 14.5 Å². The number of amides is 2. The number of rotatable bonds is 6. The van der Waals surface area contributed by atoms with Gasteiger partial charge < -0.3 is 11.1 Å². The summed E-state index contributed by atoms with van der Waals surface area (Å²) in [5.74, 6) is -0.473.